The van der Waals surface area contributed by atoms with Gasteiger partial charge in [-0.2, -0.15) is 0 Å². The van der Waals surface area contributed by atoms with Crippen LogP contribution in [0.4, 0.5) is 0 Å². The molecule has 0 aliphatic heterocycles. The summed E-state index contributed by atoms with van der Waals surface area (Å²) >= 11 is 0. The second-order valence-corrected chi connectivity index (χ2v) is 10.3. The van der Waals surface area contributed by atoms with Crippen molar-refractivity contribution in [2.75, 3.05) is 21.1 Å². The Balaban J connectivity index is 3.89. The highest BCUT2D eigenvalue weighted by molar-refractivity contribution is 7.32. The van der Waals surface area contributed by atoms with Gasteiger partial charge in [0, 0.05) is 12.8 Å². The number of quaternary nitrogens is 1. The van der Waals surface area contributed by atoms with Crippen LogP contribution >= 0.6 is 7.68 Å². The molecule has 0 aliphatic rings. The zero-order chi connectivity index (χ0) is 20.6. The molecule has 0 heterocycles. The van der Waals surface area contributed by atoms with Crippen LogP contribution in [0.2, 0.25) is 0 Å². The van der Waals surface area contributed by atoms with Gasteiger partial charge in [0.05, 0.1) is 21.1 Å². The number of allylic oxidation sites excluding steroid dienone is 2. The molecule has 0 saturated carbocycles. The van der Waals surface area contributed by atoms with Crippen LogP contribution < -0.4 is 0 Å². The fourth-order valence-electron chi connectivity index (χ4n) is 3.93. The number of hydrogen-bond donors (Lipinski definition) is 0. The van der Waals surface area contributed by atoms with Crippen molar-refractivity contribution in [2.24, 2.45) is 0 Å². The smallest absolute Gasteiger partial charge is 0.314 e. The second-order valence-electron chi connectivity index (χ2n) is 8.98. The van der Waals surface area contributed by atoms with E-state index in [-0.39, 0.29) is 0 Å². The first kappa shape index (κ1) is 26.6. The van der Waals surface area contributed by atoms with Crippen LogP contribution in [0.5, 0.6) is 0 Å². The zero-order valence-corrected chi connectivity index (χ0v) is 19.9. The minimum absolute atomic E-state index is 0.517. The third-order valence-corrected chi connectivity index (χ3v) is 7.55. The molecule has 0 aromatic carbocycles. The van der Waals surface area contributed by atoms with Crippen molar-refractivity contribution in [2.45, 2.75) is 115 Å². The molecular formula is C23H47NO2P+. The van der Waals surface area contributed by atoms with Crippen molar-refractivity contribution in [3.05, 3.63) is 12.2 Å². The molecule has 1 unspecified atom stereocenters. The topological polar surface area (TPSA) is 34.1 Å². The Hall–Kier alpha value is -0.400. The summed E-state index contributed by atoms with van der Waals surface area (Å²) in [4.78, 5) is 0. The normalized spacial score (nSPS) is 14.6. The molecule has 0 spiro atoms. The maximum absolute atomic E-state index is 12.0. The van der Waals surface area contributed by atoms with Crippen molar-refractivity contribution < 1.29 is 13.6 Å². The molecule has 160 valence electrons. The molecular weight excluding hydrogens is 353 g/mol. The summed E-state index contributed by atoms with van der Waals surface area (Å²) in [7, 11) is 3.65. The van der Waals surface area contributed by atoms with Gasteiger partial charge in [-0.15, -0.1) is 0 Å². The van der Waals surface area contributed by atoms with Crippen LogP contribution in [0, 0.1) is 0 Å². The first-order valence-electron chi connectivity index (χ1n) is 11.4. The second kappa shape index (κ2) is 15.5. The van der Waals surface area contributed by atoms with E-state index in [0.717, 1.165) is 32.1 Å². The number of hydrogen-bond acceptors (Lipinski definition) is 2. The van der Waals surface area contributed by atoms with Crippen molar-refractivity contribution in [1.29, 1.82) is 0 Å². The van der Waals surface area contributed by atoms with Crippen LogP contribution in [-0.2, 0) is 9.13 Å². The fourth-order valence-corrected chi connectivity index (χ4v) is 5.16. The van der Waals surface area contributed by atoms with Gasteiger partial charge in [0.25, 0.3) is 0 Å². The lowest BCUT2D eigenvalue weighted by Crippen LogP contribution is -2.53. The average molecular weight is 401 g/mol. The van der Waals surface area contributed by atoms with Gasteiger partial charge in [-0.3, -0.25) is 0 Å². The van der Waals surface area contributed by atoms with Crippen LogP contribution in [0.15, 0.2) is 12.2 Å². The van der Waals surface area contributed by atoms with Crippen LogP contribution in [-0.4, -0.2) is 30.9 Å². The molecule has 0 rings (SSSR count). The molecule has 0 amide bonds. The van der Waals surface area contributed by atoms with E-state index in [0.29, 0.717) is 4.48 Å². The molecule has 3 nitrogen and oxygen atoms in total. The summed E-state index contributed by atoms with van der Waals surface area (Å²) < 4.78 is 24.6. The van der Waals surface area contributed by atoms with Crippen molar-refractivity contribution in [1.82, 2.24) is 0 Å². The van der Waals surface area contributed by atoms with Gasteiger partial charge in [0.2, 0.25) is 5.28 Å². The average Bonchev–Trinajstić information content (AvgIpc) is 2.59. The molecule has 27 heavy (non-hydrogen) atoms. The zero-order valence-electron chi connectivity index (χ0n) is 19.0. The van der Waals surface area contributed by atoms with E-state index in [4.69, 9.17) is 0 Å². The standard InChI is InChI=1S/C23H47NO2P/c1-6-8-9-10-11-12-13-14-15-16-17-18-19-20-22-23(21-7-2,27(25)26)24(3,4)5/h13-14H,6-12,15-22H2,1-5H3/q+1. The maximum Gasteiger partial charge on any atom is 0.378 e. The number of rotatable bonds is 18. The Morgan fingerprint density at radius 2 is 1.15 bits per heavy atom. The molecule has 0 aromatic rings. The van der Waals surface area contributed by atoms with Crippen molar-refractivity contribution in [3.8, 4) is 0 Å². The van der Waals surface area contributed by atoms with Gasteiger partial charge in [-0.05, 0) is 38.5 Å². The summed E-state index contributed by atoms with van der Waals surface area (Å²) in [6, 6.07) is 0. The van der Waals surface area contributed by atoms with Gasteiger partial charge in [0.1, 0.15) is 0 Å². The Bertz CT molecular complexity index is 444. The fraction of sp³-hybridized carbons (Fsp3) is 0.913. The van der Waals surface area contributed by atoms with E-state index in [1.54, 1.807) is 0 Å². The lowest BCUT2D eigenvalue weighted by atomic mass is 9.99. The van der Waals surface area contributed by atoms with Crippen LogP contribution in [0.3, 0.4) is 0 Å². The molecule has 0 aromatic heterocycles. The Morgan fingerprint density at radius 3 is 1.59 bits per heavy atom. The van der Waals surface area contributed by atoms with Crippen LogP contribution in [0.1, 0.15) is 110 Å². The highest BCUT2D eigenvalue weighted by Crippen LogP contribution is 2.44. The number of unbranched alkanes of at least 4 members (excludes halogenated alkanes) is 10. The maximum atomic E-state index is 12.0. The highest BCUT2D eigenvalue weighted by atomic mass is 31.1. The van der Waals surface area contributed by atoms with Crippen molar-refractivity contribution >= 4 is 7.68 Å². The summed E-state index contributed by atoms with van der Waals surface area (Å²) in [6.07, 6.45) is 22.3. The third-order valence-electron chi connectivity index (χ3n) is 5.83. The van der Waals surface area contributed by atoms with Crippen molar-refractivity contribution in [3.63, 3.8) is 0 Å². The third kappa shape index (κ3) is 11.3. The Labute approximate surface area is 170 Å². The minimum Gasteiger partial charge on any atom is -0.314 e. The molecule has 0 fully saturated rings. The van der Waals surface area contributed by atoms with E-state index in [9.17, 15) is 9.13 Å². The summed E-state index contributed by atoms with van der Waals surface area (Å²) in [5, 5.41) is -0.593. The van der Waals surface area contributed by atoms with Gasteiger partial charge < -0.3 is 4.48 Å². The quantitative estimate of drug-likeness (QED) is 0.101. The van der Waals surface area contributed by atoms with Gasteiger partial charge in [-0.1, -0.05) is 70.9 Å². The summed E-state index contributed by atoms with van der Waals surface area (Å²) in [5.41, 5.74) is 0. The first-order valence-corrected chi connectivity index (χ1v) is 12.6. The summed E-state index contributed by atoms with van der Waals surface area (Å²) in [5.74, 6) is 0. The van der Waals surface area contributed by atoms with E-state index in [1.165, 1.54) is 64.2 Å². The van der Waals surface area contributed by atoms with E-state index in [1.807, 2.05) is 21.1 Å². The molecule has 0 radical (unpaired) electrons. The lowest BCUT2D eigenvalue weighted by molar-refractivity contribution is -0.908. The Morgan fingerprint density at radius 1 is 0.667 bits per heavy atom. The van der Waals surface area contributed by atoms with Gasteiger partial charge in [0.15, 0.2) is 0 Å². The monoisotopic (exact) mass is 400 g/mol. The largest absolute Gasteiger partial charge is 0.378 e. The van der Waals surface area contributed by atoms with E-state index < -0.39 is 13.0 Å². The predicted octanol–water partition coefficient (Wildman–Crippen LogP) is 8.01. The molecule has 4 heteroatoms. The van der Waals surface area contributed by atoms with Crippen LogP contribution in [0.25, 0.3) is 0 Å². The lowest BCUT2D eigenvalue weighted by Gasteiger charge is -2.41. The van der Waals surface area contributed by atoms with Gasteiger partial charge in [-0.25, -0.2) is 9.13 Å². The van der Waals surface area contributed by atoms with E-state index in [2.05, 4.69) is 26.0 Å². The predicted molar refractivity (Wildman–Crippen MR) is 119 cm³/mol. The SMILES string of the molecule is CCCCCCCC=CCCCCCCCC(CCC)(P(=O)=O)[N+](C)(C)C. The molecule has 0 N–H and O–H groups in total. The first-order chi connectivity index (χ1) is 12.8. The Kier molecular flexibility index (Phi) is 15.3. The highest BCUT2D eigenvalue weighted by Gasteiger charge is 2.47. The molecule has 1 atom stereocenters. The van der Waals surface area contributed by atoms with E-state index >= 15 is 0 Å². The molecule has 0 bridgehead atoms. The summed E-state index contributed by atoms with van der Waals surface area (Å²) in [6.45, 7) is 4.35. The molecule has 0 aliphatic carbocycles. The van der Waals surface area contributed by atoms with Gasteiger partial charge >= 0.3 is 7.68 Å². The minimum atomic E-state index is -2.42. The molecule has 0 saturated heterocycles. The number of nitrogens with zero attached hydrogens (tertiary/aromatic N) is 1.